The summed E-state index contributed by atoms with van der Waals surface area (Å²) in [5, 5.41) is 6.84. The van der Waals surface area contributed by atoms with E-state index in [0.717, 1.165) is 24.2 Å². The monoisotopic (exact) mass is 633 g/mol. The van der Waals surface area contributed by atoms with Crippen molar-refractivity contribution in [1.82, 2.24) is 15.0 Å². The molecule has 0 atom stereocenters. The van der Waals surface area contributed by atoms with Crippen molar-refractivity contribution in [3.63, 3.8) is 0 Å². The summed E-state index contributed by atoms with van der Waals surface area (Å²) in [6.07, 6.45) is 29.3. The zero-order valence-corrected chi connectivity index (χ0v) is 29.2. The fourth-order valence-corrected chi connectivity index (χ4v) is 6.12. The number of benzene rings is 2. The van der Waals surface area contributed by atoms with Crippen LogP contribution in [0.2, 0.25) is 5.28 Å². The van der Waals surface area contributed by atoms with Gasteiger partial charge in [0.15, 0.2) is 0 Å². The van der Waals surface area contributed by atoms with Crippen molar-refractivity contribution < 1.29 is 0 Å². The van der Waals surface area contributed by atoms with Gasteiger partial charge in [-0.1, -0.05) is 154 Å². The number of nitrogens with zero attached hydrogens (tertiary/aromatic N) is 3. The second-order valence-electron chi connectivity index (χ2n) is 12.8. The molecule has 0 fully saturated rings. The number of halogens is 1. The minimum Gasteiger partial charge on any atom is -0.324 e. The van der Waals surface area contributed by atoms with Crippen LogP contribution in [0.5, 0.6) is 0 Å². The van der Waals surface area contributed by atoms with E-state index in [2.05, 4.69) is 75.8 Å². The van der Waals surface area contributed by atoms with Crippen LogP contribution in [0, 0.1) is 0 Å². The Morgan fingerprint density at radius 2 is 0.822 bits per heavy atom. The van der Waals surface area contributed by atoms with E-state index in [-0.39, 0.29) is 5.28 Å². The van der Waals surface area contributed by atoms with Crippen molar-refractivity contribution in [1.29, 1.82) is 0 Å². The van der Waals surface area contributed by atoms with E-state index in [1.165, 1.54) is 140 Å². The summed E-state index contributed by atoms with van der Waals surface area (Å²) in [4.78, 5) is 13.3. The van der Waals surface area contributed by atoms with Crippen LogP contribution in [-0.4, -0.2) is 15.0 Å². The number of aryl methyl sites for hydroxylation is 2. The predicted molar refractivity (Wildman–Crippen MR) is 195 cm³/mol. The molecular formula is C39H60ClN5. The van der Waals surface area contributed by atoms with Crippen molar-refractivity contribution >= 4 is 34.9 Å². The van der Waals surface area contributed by atoms with Crippen LogP contribution in [0.15, 0.2) is 48.5 Å². The molecule has 3 rings (SSSR count). The first-order chi connectivity index (χ1) is 22.2. The van der Waals surface area contributed by atoms with Crippen LogP contribution >= 0.6 is 11.6 Å². The summed E-state index contributed by atoms with van der Waals surface area (Å²) in [7, 11) is 0. The number of rotatable bonds is 26. The molecule has 2 N–H and O–H groups in total. The van der Waals surface area contributed by atoms with E-state index in [9.17, 15) is 0 Å². The third-order valence-electron chi connectivity index (χ3n) is 8.61. The van der Waals surface area contributed by atoms with Gasteiger partial charge in [0, 0.05) is 11.4 Å². The molecule has 0 aliphatic heterocycles. The molecule has 0 saturated heterocycles. The minimum absolute atomic E-state index is 0.165. The maximum Gasteiger partial charge on any atom is 0.233 e. The Kier molecular flexibility index (Phi) is 19.3. The highest BCUT2D eigenvalue weighted by Crippen LogP contribution is 2.22. The van der Waals surface area contributed by atoms with Gasteiger partial charge >= 0.3 is 0 Å². The number of aromatic nitrogens is 3. The van der Waals surface area contributed by atoms with E-state index in [1.54, 1.807) is 0 Å². The van der Waals surface area contributed by atoms with Crippen molar-refractivity contribution in [2.75, 3.05) is 10.6 Å². The van der Waals surface area contributed by atoms with Crippen LogP contribution in [0.4, 0.5) is 23.3 Å². The normalized spacial score (nSPS) is 11.2. The van der Waals surface area contributed by atoms with Crippen LogP contribution in [0.3, 0.4) is 0 Å². The number of anilines is 4. The number of nitrogens with one attached hydrogen (secondary N) is 2. The average Bonchev–Trinajstić information content (AvgIpc) is 3.03. The topological polar surface area (TPSA) is 62.7 Å². The quantitative estimate of drug-likeness (QED) is 0.0861. The fourth-order valence-electron chi connectivity index (χ4n) is 5.96. The van der Waals surface area contributed by atoms with Crippen LogP contribution < -0.4 is 10.6 Å². The lowest BCUT2D eigenvalue weighted by Gasteiger charge is -2.11. The molecule has 1 aromatic heterocycles. The lowest BCUT2D eigenvalue weighted by atomic mass is 10.0. The molecule has 5 nitrogen and oxygen atoms in total. The maximum atomic E-state index is 6.31. The lowest BCUT2D eigenvalue weighted by molar-refractivity contribution is 0.556. The standard InChI is InChI=1S/C39H60ClN5/c1-3-5-7-9-11-13-15-17-19-21-25-33-27-23-29-35(31-33)41-38-43-37(40)44-39(45-38)42-36-30-24-28-34(32-36)26-22-20-18-16-14-12-10-8-6-4-2/h23-24,27-32H,3-22,25-26H2,1-2H3,(H2,41,42,43,44,45). The van der Waals surface area contributed by atoms with Crippen LogP contribution in [-0.2, 0) is 12.8 Å². The van der Waals surface area contributed by atoms with Gasteiger partial charge < -0.3 is 10.6 Å². The third kappa shape index (κ3) is 17.0. The van der Waals surface area contributed by atoms with Gasteiger partial charge in [0.1, 0.15) is 0 Å². The van der Waals surface area contributed by atoms with Gasteiger partial charge in [-0.25, -0.2) is 0 Å². The molecule has 0 radical (unpaired) electrons. The molecule has 2 aromatic carbocycles. The van der Waals surface area contributed by atoms with Crippen molar-refractivity contribution in [3.05, 3.63) is 64.9 Å². The Morgan fingerprint density at radius 3 is 1.20 bits per heavy atom. The van der Waals surface area contributed by atoms with Gasteiger partial charge in [-0.05, 0) is 72.7 Å². The second kappa shape index (κ2) is 23.6. The highest BCUT2D eigenvalue weighted by Gasteiger charge is 2.08. The number of unbranched alkanes of at least 4 members (excludes halogenated alkanes) is 18. The summed E-state index contributed by atoms with van der Waals surface area (Å²) < 4.78 is 0. The van der Waals surface area contributed by atoms with Gasteiger partial charge in [0.05, 0.1) is 0 Å². The first kappa shape index (κ1) is 36.8. The summed E-state index contributed by atoms with van der Waals surface area (Å²) in [5.74, 6) is 0.880. The third-order valence-corrected chi connectivity index (χ3v) is 8.78. The van der Waals surface area contributed by atoms with Gasteiger partial charge in [-0.15, -0.1) is 0 Å². The molecule has 0 saturated carbocycles. The number of hydrogen-bond donors (Lipinski definition) is 2. The Hall–Kier alpha value is -2.66. The van der Waals surface area contributed by atoms with E-state index >= 15 is 0 Å². The van der Waals surface area contributed by atoms with Gasteiger partial charge in [0.25, 0.3) is 0 Å². The molecule has 3 aromatic rings. The zero-order chi connectivity index (χ0) is 31.8. The Morgan fingerprint density at radius 1 is 0.467 bits per heavy atom. The van der Waals surface area contributed by atoms with E-state index in [1.807, 2.05) is 12.1 Å². The Labute approximate surface area is 279 Å². The van der Waals surface area contributed by atoms with E-state index in [0.29, 0.717) is 11.9 Å². The largest absolute Gasteiger partial charge is 0.324 e. The molecule has 6 heteroatoms. The summed E-state index contributed by atoms with van der Waals surface area (Å²) in [6.45, 7) is 4.56. The van der Waals surface area contributed by atoms with E-state index in [4.69, 9.17) is 11.6 Å². The van der Waals surface area contributed by atoms with Crippen LogP contribution in [0.25, 0.3) is 0 Å². The molecular weight excluding hydrogens is 574 g/mol. The van der Waals surface area contributed by atoms with Crippen molar-refractivity contribution in [2.45, 2.75) is 155 Å². The first-order valence-corrected chi connectivity index (χ1v) is 18.7. The summed E-state index contributed by atoms with van der Waals surface area (Å²) >= 11 is 6.31. The van der Waals surface area contributed by atoms with E-state index < -0.39 is 0 Å². The van der Waals surface area contributed by atoms with Gasteiger partial charge in [0.2, 0.25) is 17.2 Å². The average molecular weight is 634 g/mol. The lowest BCUT2D eigenvalue weighted by Crippen LogP contribution is -2.04. The molecule has 0 spiro atoms. The van der Waals surface area contributed by atoms with Crippen molar-refractivity contribution in [3.8, 4) is 0 Å². The van der Waals surface area contributed by atoms with Gasteiger partial charge in [-0.3, -0.25) is 0 Å². The smallest absolute Gasteiger partial charge is 0.233 e. The highest BCUT2D eigenvalue weighted by atomic mass is 35.5. The Bertz CT molecular complexity index is 1100. The fraction of sp³-hybridized carbons (Fsp3) is 0.615. The molecule has 0 aliphatic rings. The highest BCUT2D eigenvalue weighted by molar-refractivity contribution is 6.28. The van der Waals surface area contributed by atoms with Crippen molar-refractivity contribution in [2.24, 2.45) is 0 Å². The van der Waals surface area contributed by atoms with Gasteiger partial charge in [-0.2, -0.15) is 15.0 Å². The molecule has 0 unspecified atom stereocenters. The molecule has 0 bridgehead atoms. The maximum absolute atomic E-state index is 6.31. The molecule has 1 heterocycles. The zero-order valence-electron chi connectivity index (χ0n) is 28.4. The summed E-state index contributed by atoms with van der Waals surface area (Å²) in [6, 6.07) is 17.1. The molecule has 248 valence electrons. The minimum atomic E-state index is 0.165. The first-order valence-electron chi connectivity index (χ1n) is 18.3. The SMILES string of the molecule is CCCCCCCCCCCCc1cccc(Nc2nc(Cl)nc(Nc3cccc(CCCCCCCCCCCC)c3)n2)c1. The Balaban J connectivity index is 1.39. The molecule has 0 aliphatic carbocycles. The molecule has 45 heavy (non-hydrogen) atoms. The molecule has 0 amide bonds. The predicted octanol–water partition coefficient (Wildman–Crippen LogP) is 12.9. The number of hydrogen-bond acceptors (Lipinski definition) is 5. The van der Waals surface area contributed by atoms with Crippen LogP contribution in [0.1, 0.15) is 153 Å². The second-order valence-corrected chi connectivity index (χ2v) is 13.1. The summed E-state index contributed by atoms with van der Waals surface area (Å²) in [5.41, 5.74) is 4.59.